The van der Waals surface area contributed by atoms with Crippen LogP contribution in [0, 0.1) is 46.3 Å². The Morgan fingerprint density at radius 1 is 0.973 bits per heavy atom. The Morgan fingerprint density at radius 2 is 1.76 bits per heavy atom. The van der Waals surface area contributed by atoms with E-state index in [1.165, 1.54) is 51.4 Å². The van der Waals surface area contributed by atoms with Crippen molar-refractivity contribution in [3.63, 3.8) is 0 Å². The molecule has 0 radical (unpaired) electrons. The Hall–Kier alpha value is -0.460. The molecule has 4 fully saturated rings. The molecule has 0 bridgehead atoms. The SMILES string of the molecule is CC(C)CCCC(C)C1CCC2C3CC=C4CC(OC5OCC(O)C(O)C5O)CCC4(C)C3CCC12C. The summed E-state index contributed by atoms with van der Waals surface area (Å²) in [7, 11) is 0. The Labute approximate surface area is 225 Å². The normalized spacial score (nSPS) is 48.7. The zero-order valence-corrected chi connectivity index (χ0v) is 24.1. The molecule has 4 aliphatic carbocycles. The number of aliphatic hydroxyl groups is 3. The van der Waals surface area contributed by atoms with Gasteiger partial charge in [0, 0.05) is 0 Å². The van der Waals surface area contributed by atoms with Gasteiger partial charge in [0.05, 0.1) is 12.7 Å². The average molecular weight is 519 g/mol. The van der Waals surface area contributed by atoms with Crippen molar-refractivity contribution >= 4 is 0 Å². The van der Waals surface area contributed by atoms with Crippen molar-refractivity contribution in [2.24, 2.45) is 46.3 Å². The summed E-state index contributed by atoms with van der Waals surface area (Å²) in [5.41, 5.74) is 2.32. The predicted octanol–water partition coefficient (Wildman–Crippen LogP) is 5.85. The van der Waals surface area contributed by atoms with Gasteiger partial charge in [-0.15, -0.1) is 0 Å². The Balaban J connectivity index is 1.24. The lowest BCUT2D eigenvalue weighted by atomic mass is 9.47. The number of hydrogen-bond donors (Lipinski definition) is 3. The summed E-state index contributed by atoms with van der Waals surface area (Å²) < 4.78 is 11.7. The minimum absolute atomic E-state index is 0.00271. The van der Waals surface area contributed by atoms with E-state index in [0.29, 0.717) is 5.41 Å². The van der Waals surface area contributed by atoms with Gasteiger partial charge in [-0.3, -0.25) is 0 Å². The highest BCUT2D eigenvalue weighted by atomic mass is 16.7. The molecule has 5 heteroatoms. The minimum atomic E-state index is -1.22. The third kappa shape index (κ3) is 5.10. The summed E-state index contributed by atoms with van der Waals surface area (Å²) in [5, 5.41) is 30.1. The van der Waals surface area contributed by atoms with Crippen LogP contribution in [0.3, 0.4) is 0 Å². The van der Waals surface area contributed by atoms with E-state index in [2.05, 4.69) is 40.7 Å². The molecule has 1 saturated heterocycles. The largest absolute Gasteiger partial charge is 0.388 e. The topological polar surface area (TPSA) is 79.2 Å². The first-order valence-corrected chi connectivity index (χ1v) is 15.6. The molecular formula is C32H54O5. The lowest BCUT2D eigenvalue weighted by Gasteiger charge is -2.58. The molecular weight excluding hydrogens is 464 g/mol. The third-order valence-corrected chi connectivity index (χ3v) is 12.0. The van der Waals surface area contributed by atoms with Gasteiger partial charge in [0.15, 0.2) is 6.29 Å². The van der Waals surface area contributed by atoms with E-state index in [1.54, 1.807) is 5.57 Å². The number of rotatable bonds is 7. The minimum Gasteiger partial charge on any atom is -0.388 e. The van der Waals surface area contributed by atoms with Crippen LogP contribution in [-0.4, -0.2) is 52.6 Å². The molecule has 0 amide bonds. The van der Waals surface area contributed by atoms with E-state index in [0.717, 1.165) is 54.8 Å². The van der Waals surface area contributed by atoms with Crippen molar-refractivity contribution in [2.45, 2.75) is 136 Å². The smallest absolute Gasteiger partial charge is 0.186 e. The number of ether oxygens (including phenoxy) is 2. The molecule has 5 aliphatic rings. The second-order valence-corrected chi connectivity index (χ2v) is 14.5. The molecule has 5 nitrogen and oxygen atoms in total. The van der Waals surface area contributed by atoms with Gasteiger partial charge in [-0.2, -0.15) is 0 Å². The molecule has 3 N–H and O–H groups in total. The molecule has 0 aromatic rings. The number of allylic oxidation sites excluding steroid dienone is 1. The second-order valence-electron chi connectivity index (χ2n) is 14.5. The lowest BCUT2D eigenvalue weighted by molar-refractivity contribution is -0.284. The van der Waals surface area contributed by atoms with Crippen LogP contribution in [0.5, 0.6) is 0 Å². The zero-order chi connectivity index (χ0) is 26.5. The Morgan fingerprint density at radius 3 is 2.51 bits per heavy atom. The van der Waals surface area contributed by atoms with Crippen LogP contribution in [0.15, 0.2) is 11.6 Å². The summed E-state index contributed by atoms with van der Waals surface area (Å²) in [6.07, 6.45) is 12.2. The fourth-order valence-electron chi connectivity index (χ4n) is 9.86. The highest BCUT2D eigenvalue weighted by molar-refractivity contribution is 5.25. The summed E-state index contributed by atoms with van der Waals surface area (Å²) >= 11 is 0. The van der Waals surface area contributed by atoms with Crippen LogP contribution in [0.1, 0.15) is 105 Å². The molecule has 12 atom stereocenters. The van der Waals surface area contributed by atoms with Crippen LogP contribution in [0.4, 0.5) is 0 Å². The summed E-state index contributed by atoms with van der Waals surface area (Å²) in [6, 6.07) is 0. The van der Waals surface area contributed by atoms with Gasteiger partial charge >= 0.3 is 0 Å². The van der Waals surface area contributed by atoms with Crippen molar-refractivity contribution in [1.29, 1.82) is 0 Å². The summed E-state index contributed by atoms with van der Waals surface area (Å²) in [5.74, 6) is 5.02. The molecule has 0 aromatic heterocycles. The van der Waals surface area contributed by atoms with Gasteiger partial charge in [0.1, 0.15) is 18.3 Å². The van der Waals surface area contributed by atoms with Gasteiger partial charge in [-0.05, 0) is 97.7 Å². The molecule has 212 valence electrons. The number of hydrogen-bond acceptors (Lipinski definition) is 5. The van der Waals surface area contributed by atoms with E-state index in [9.17, 15) is 15.3 Å². The van der Waals surface area contributed by atoms with Crippen LogP contribution < -0.4 is 0 Å². The maximum atomic E-state index is 10.3. The van der Waals surface area contributed by atoms with Gasteiger partial charge in [0.2, 0.25) is 0 Å². The standard InChI is InChI=1S/C32H54O5/c1-19(2)7-6-8-20(3)24-11-12-25-23-10-9-21-17-22(37-30-29(35)28(34)27(33)18-36-30)13-15-31(21,4)26(23)14-16-32(24,25)5/h9,19-20,22-30,33-35H,6-8,10-18H2,1-5H3. The Kier molecular flexibility index (Phi) is 8.23. The van der Waals surface area contributed by atoms with Crippen molar-refractivity contribution in [1.82, 2.24) is 0 Å². The number of aliphatic hydroxyl groups excluding tert-OH is 3. The van der Waals surface area contributed by atoms with Crippen LogP contribution in [0.25, 0.3) is 0 Å². The first kappa shape index (κ1) is 28.1. The maximum absolute atomic E-state index is 10.3. The predicted molar refractivity (Wildman–Crippen MR) is 146 cm³/mol. The molecule has 3 saturated carbocycles. The Bertz CT molecular complexity index is 826. The number of fused-ring (bicyclic) bond motifs is 5. The van der Waals surface area contributed by atoms with Gasteiger partial charge < -0.3 is 24.8 Å². The molecule has 1 aliphatic heterocycles. The molecule has 12 unspecified atom stereocenters. The van der Waals surface area contributed by atoms with Gasteiger partial charge in [0.25, 0.3) is 0 Å². The quantitative estimate of drug-likeness (QED) is 0.368. The van der Waals surface area contributed by atoms with Crippen LogP contribution in [-0.2, 0) is 9.47 Å². The van der Waals surface area contributed by atoms with Crippen molar-refractivity contribution in [2.75, 3.05) is 6.61 Å². The summed E-state index contributed by atoms with van der Waals surface area (Å²) in [4.78, 5) is 0. The van der Waals surface area contributed by atoms with Gasteiger partial charge in [-0.1, -0.05) is 65.5 Å². The first-order chi connectivity index (χ1) is 17.5. The van der Waals surface area contributed by atoms with Gasteiger partial charge in [-0.25, -0.2) is 0 Å². The zero-order valence-electron chi connectivity index (χ0n) is 24.1. The van der Waals surface area contributed by atoms with E-state index >= 15 is 0 Å². The monoisotopic (exact) mass is 518 g/mol. The highest BCUT2D eigenvalue weighted by Gasteiger charge is 2.59. The maximum Gasteiger partial charge on any atom is 0.186 e. The molecule has 0 aromatic carbocycles. The molecule has 1 heterocycles. The van der Waals surface area contributed by atoms with Crippen molar-refractivity contribution < 1.29 is 24.8 Å². The van der Waals surface area contributed by atoms with E-state index < -0.39 is 24.6 Å². The fraction of sp³-hybridized carbons (Fsp3) is 0.938. The van der Waals surface area contributed by atoms with E-state index in [1.807, 2.05) is 0 Å². The highest BCUT2D eigenvalue weighted by Crippen LogP contribution is 2.67. The van der Waals surface area contributed by atoms with E-state index in [-0.39, 0.29) is 18.1 Å². The third-order valence-electron chi connectivity index (χ3n) is 12.0. The summed E-state index contributed by atoms with van der Waals surface area (Å²) in [6.45, 7) is 12.5. The van der Waals surface area contributed by atoms with Crippen molar-refractivity contribution in [3.05, 3.63) is 11.6 Å². The molecule has 0 spiro atoms. The average Bonchev–Trinajstić information content (AvgIpc) is 3.21. The van der Waals surface area contributed by atoms with Crippen LogP contribution in [0.2, 0.25) is 0 Å². The lowest BCUT2D eigenvalue weighted by Crippen LogP contribution is -2.55. The van der Waals surface area contributed by atoms with Crippen LogP contribution >= 0.6 is 0 Å². The molecule has 37 heavy (non-hydrogen) atoms. The molecule has 5 rings (SSSR count). The fourth-order valence-corrected chi connectivity index (χ4v) is 9.86. The van der Waals surface area contributed by atoms with E-state index in [4.69, 9.17) is 9.47 Å². The van der Waals surface area contributed by atoms with Crippen molar-refractivity contribution in [3.8, 4) is 0 Å². The first-order valence-electron chi connectivity index (χ1n) is 15.6. The second kappa shape index (κ2) is 10.8.